The zero-order valence-corrected chi connectivity index (χ0v) is 13.8. The Hall–Kier alpha value is -1.34. The Morgan fingerprint density at radius 3 is 2.90 bits per heavy atom. The molecular weight excluding hydrogens is 340 g/mol. The highest BCUT2D eigenvalue weighted by atomic mass is 79.9. The molecule has 20 heavy (non-hydrogen) atoms. The molecule has 108 valence electrons. The first-order valence-electron chi connectivity index (χ1n) is 6.47. The lowest BCUT2D eigenvalue weighted by molar-refractivity contribution is 0.338. The van der Waals surface area contributed by atoms with E-state index in [1.807, 2.05) is 32.0 Å². The minimum Gasteiger partial charge on any atom is -0.493 e. The van der Waals surface area contributed by atoms with Gasteiger partial charge in [-0.05, 0) is 52.8 Å². The van der Waals surface area contributed by atoms with E-state index in [1.54, 1.807) is 4.68 Å². The summed E-state index contributed by atoms with van der Waals surface area (Å²) in [7, 11) is 0. The summed E-state index contributed by atoms with van der Waals surface area (Å²) in [5.41, 5.74) is 4.39. The van der Waals surface area contributed by atoms with Gasteiger partial charge in [0, 0.05) is 6.42 Å². The van der Waals surface area contributed by atoms with Crippen molar-refractivity contribution in [3.05, 3.63) is 38.8 Å². The van der Waals surface area contributed by atoms with Gasteiger partial charge >= 0.3 is 0 Å². The molecule has 2 aromatic rings. The lowest BCUT2D eigenvalue weighted by Gasteiger charge is -2.11. The van der Waals surface area contributed by atoms with Crippen molar-refractivity contribution < 1.29 is 4.74 Å². The number of benzene rings is 1. The van der Waals surface area contributed by atoms with Gasteiger partial charge in [-0.1, -0.05) is 13.0 Å². The summed E-state index contributed by atoms with van der Waals surface area (Å²) in [5.74, 6) is 1.74. The van der Waals surface area contributed by atoms with Gasteiger partial charge in [0.2, 0.25) is 4.77 Å². The highest BCUT2D eigenvalue weighted by molar-refractivity contribution is 9.10. The molecule has 7 heteroatoms. The Bertz CT molecular complexity index is 638. The maximum Gasteiger partial charge on any atom is 0.214 e. The Balaban J connectivity index is 2.09. The second-order valence-corrected chi connectivity index (χ2v) is 5.41. The Morgan fingerprint density at radius 1 is 1.45 bits per heavy atom. The van der Waals surface area contributed by atoms with Crippen LogP contribution in [0.5, 0.6) is 5.75 Å². The number of nitrogens with one attached hydrogen (secondary N) is 2. The molecule has 5 nitrogen and oxygen atoms in total. The number of aromatic nitrogens is 3. The van der Waals surface area contributed by atoms with Crippen LogP contribution in [0.15, 0.2) is 22.7 Å². The zero-order chi connectivity index (χ0) is 14.5. The molecule has 0 spiro atoms. The van der Waals surface area contributed by atoms with Crippen molar-refractivity contribution in [2.75, 3.05) is 12.0 Å². The number of hydrogen-bond donors (Lipinski definition) is 2. The van der Waals surface area contributed by atoms with Crippen molar-refractivity contribution in [2.24, 2.45) is 0 Å². The highest BCUT2D eigenvalue weighted by Gasteiger charge is 2.05. The predicted molar refractivity (Wildman–Crippen MR) is 85.2 cm³/mol. The van der Waals surface area contributed by atoms with Crippen LogP contribution in [0.3, 0.4) is 0 Å². The van der Waals surface area contributed by atoms with Gasteiger partial charge in [0.25, 0.3) is 0 Å². The molecule has 0 amide bonds. The first-order chi connectivity index (χ1) is 9.65. The highest BCUT2D eigenvalue weighted by Crippen LogP contribution is 2.26. The minimum absolute atomic E-state index is 0.576. The van der Waals surface area contributed by atoms with Crippen molar-refractivity contribution in [3.63, 3.8) is 0 Å². The van der Waals surface area contributed by atoms with Gasteiger partial charge < -0.3 is 10.2 Å². The third-order valence-electron chi connectivity index (χ3n) is 2.80. The number of aryl methyl sites for hydroxylation is 1. The largest absolute Gasteiger partial charge is 0.493 e. The topological polar surface area (TPSA) is 54.9 Å². The number of aromatic amines is 1. The molecule has 1 aromatic heterocycles. The molecule has 0 saturated carbocycles. The van der Waals surface area contributed by atoms with Crippen LogP contribution >= 0.6 is 28.1 Å². The summed E-state index contributed by atoms with van der Waals surface area (Å²) in [6.07, 6.45) is 0.813. The third kappa shape index (κ3) is 3.40. The van der Waals surface area contributed by atoms with Gasteiger partial charge in [-0.2, -0.15) is 5.10 Å². The number of nitrogens with zero attached hydrogens (tertiary/aromatic N) is 2. The quantitative estimate of drug-likeness (QED) is 0.778. The van der Waals surface area contributed by atoms with E-state index in [0.29, 0.717) is 17.9 Å². The molecule has 0 aliphatic carbocycles. The molecule has 2 N–H and O–H groups in total. The molecule has 0 atom stereocenters. The average Bonchev–Trinajstić information content (AvgIpc) is 2.80. The molecule has 0 unspecified atom stereocenters. The van der Waals surface area contributed by atoms with Crippen LogP contribution in [0.1, 0.15) is 25.2 Å². The van der Waals surface area contributed by atoms with Crippen LogP contribution in [-0.2, 0) is 13.0 Å². The Morgan fingerprint density at radius 2 is 2.25 bits per heavy atom. The van der Waals surface area contributed by atoms with Crippen molar-refractivity contribution in [2.45, 2.75) is 26.8 Å². The number of hydrogen-bond acceptors (Lipinski definition) is 4. The van der Waals surface area contributed by atoms with E-state index in [9.17, 15) is 0 Å². The van der Waals surface area contributed by atoms with Crippen LogP contribution in [0.25, 0.3) is 0 Å². The predicted octanol–water partition coefficient (Wildman–Crippen LogP) is 3.41. The Labute approximate surface area is 131 Å². The number of ether oxygens (including phenoxy) is 1. The molecule has 0 aliphatic heterocycles. The fraction of sp³-hybridized carbons (Fsp3) is 0.385. The summed E-state index contributed by atoms with van der Waals surface area (Å²) < 4.78 is 8.82. The number of H-pyrrole nitrogens is 1. The second-order valence-electron chi connectivity index (χ2n) is 4.17. The van der Waals surface area contributed by atoms with E-state index < -0.39 is 0 Å². The molecule has 0 radical (unpaired) electrons. The molecule has 1 heterocycles. The van der Waals surface area contributed by atoms with E-state index in [4.69, 9.17) is 17.0 Å². The summed E-state index contributed by atoms with van der Waals surface area (Å²) in [5, 5.41) is 6.94. The van der Waals surface area contributed by atoms with Crippen molar-refractivity contribution in [1.82, 2.24) is 14.9 Å². The van der Waals surface area contributed by atoms with Crippen LogP contribution in [0.2, 0.25) is 0 Å². The summed E-state index contributed by atoms with van der Waals surface area (Å²) >= 11 is 8.70. The lowest BCUT2D eigenvalue weighted by atomic mass is 10.2. The molecule has 2 rings (SSSR count). The standard InChI is InChI=1S/C13H17BrN4OS/c1-3-12-16-17-13(20)18(12)15-8-9-5-6-11(19-4-2)10(14)7-9/h5-7,15H,3-4,8H2,1-2H3,(H,17,20). The van der Waals surface area contributed by atoms with Crippen LogP contribution < -0.4 is 10.2 Å². The molecule has 0 bridgehead atoms. The van der Waals surface area contributed by atoms with Gasteiger partial charge in [0.05, 0.1) is 17.6 Å². The summed E-state index contributed by atoms with van der Waals surface area (Å²) in [6, 6.07) is 6.02. The van der Waals surface area contributed by atoms with E-state index >= 15 is 0 Å². The molecular formula is C13H17BrN4OS. The van der Waals surface area contributed by atoms with Gasteiger partial charge in [0.15, 0.2) is 5.82 Å². The monoisotopic (exact) mass is 356 g/mol. The summed E-state index contributed by atoms with van der Waals surface area (Å²) in [4.78, 5) is 0. The van der Waals surface area contributed by atoms with Crippen LogP contribution in [0, 0.1) is 4.77 Å². The van der Waals surface area contributed by atoms with E-state index in [2.05, 4.69) is 31.6 Å². The fourth-order valence-corrected chi connectivity index (χ4v) is 2.58. The molecule has 1 aromatic carbocycles. The van der Waals surface area contributed by atoms with Gasteiger partial charge in [-0.15, -0.1) is 0 Å². The Kier molecular flexibility index (Phi) is 5.19. The van der Waals surface area contributed by atoms with Gasteiger partial charge in [-0.3, -0.25) is 5.10 Å². The minimum atomic E-state index is 0.576. The van der Waals surface area contributed by atoms with Crippen molar-refractivity contribution >= 4 is 28.1 Å². The van der Waals surface area contributed by atoms with E-state index in [0.717, 1.165) is 28.0 Å². The first-order valence-corrected chi connectivity index (χ1v) is 7.67. The van der Waals surface area contributed by atoms with Crippen molar-refractivity contribution in [3.8, 4) is 5.75 Å². The number of halogens is 1. The fourth-order valence-electron chi connectivity index (χ4n) is 1.83. The second kappa shape index (κ2) is 6.90. The van der Waals surface area contributed by atoms with Gasteiger partial charge in [-0.25, -0.2) is 4.68 Å². The van der Waals surface area contributed by atoms with Gasteiger partial charge in [0.1, 0.15) is 5.75 Å². The van der Waals surface area contributed by atoms with Crippen LogP contribution in [-0.4, -0.2) is 21.5 Å². The molecule has 0 aliphatic rings. The SMILES string of the molecule is CCOc1ccc(CNn2c(CC)n[nH]c2=S)cc1Br. The number of rotatable bonds is 6. The van der Waals surface area contributed by atoms with E-state index in [1.165, 1.54) is 0 Å². The zero-order valence-electron chi connectivity index (χ0n) is 11.4. The molecule has 0 fully saturated rings. The molecule has 0 saturated heterocycles. The first kappa shape index (κ1) is 15.1. The van der Waals surface area contributed by atoms with E-state index in [-0.39, 0.29) is 0 Å². The lowest BCUT2D eigenvalue weighted by Crippen LogP contribution is -2.17. The summed E-state index contributed by atoms with van der Waals surface area (Å²) in [6.45, 7) is 5.32. The third-order valence-corrected chi connectivity index (χ3v) is 3.69. The average molecular weight is 357 g/mol. The maximum atomic E-state index is 5.49. The smallest absolute Gasteiger partial charge is 0.214 e. The normalized spacial score (nSPS) is 10.6. The van der Waals surface area contributed by atoms with Crippen molar-refractivity contribution in [1.29, 1.82) is 0 Å². The van der Waals surface area contributed by atoms with Crippen LogP contribution in [0.4, 0.5) is 0 Å². The maximum absolute atomic E-state index is 5.49.